The lowest BCUT2D eigenvalue weighted by Gasteiger charge is -2.31. The lowest BCUT2D eigenvalue weighted by atomic mass is 9.91. The van der Waals surface area contributed by atoms with E-state index < -0.39 is 11.0 Å². The van der Waals surface area contributed by atoms with Crippen LogP contribution in [0.5, 0.6) is 5.75 Å². The summed E-state index contributed by atoms with van der Waals surface area (Å²) in [5.74, 6) is 0.749. The second-order valence-corrected chi connectivity index (χ2v) is 8.18. The summed E-state index contributed by atoms with van der Waals surface area (Å²) in [6.45, 7) is 5.61. The van der Waals surface area contributed by atoms with E-state index in [9.17, 15) is 10.1 Å². The minimum Gasteiger partial charge on any atom is -0.496 e. The second-order valence-electron chi connectivity index (χ2n) is 8.18. The molecule has 0 N–H and O–H groups in total. The highest BCUT2D eigenvalue weighted by molar-refractivity contribution is 5.70. The molecular weight excluding hydrogens is 316 g/mol. The van der Waals surface area contributed by atoms with Gasteiger partial charge in [-0.15, -0.1) is 0 Å². The summed E-state index contributed by atoms with van der Waals surface area (Å²) in [7, 11) is 3.42. The van der Waals surface area contributed by atoms with Gasteiger partial charge < -0.3 is 14.4 Å². The summed E-state index contributed by atoms with van der Waals surface area (Å²) in [5, 5.41) is 9.57. The predicted molar refractivity (Wildman–Crippen MR) is 94.4 cm³/mol. The summed E-state index contributed by atoms with van der Waals surface area (Å²) in [6.07, 6.45) is 3.20. The Morgan fingerprint density at radius 3 is 2.32 bits per heavy atom. The maximum Gasteiger partial charge on any atom is 0.410 e. The first-order valence-electron chi connectivity index (χ1n) is 8.75. The van der Waals surface area contributed by atoms with E-state index in [2.05, 4.69) is 12.1 Å². The molecule has 0 bridgehead atoms. The molecule has 2 saturated carbocycles. The van der Waals surface area contributed by atoms with Crippen LogP contribution in [0.1, 0.15) is 57.6 Å². The Hall–Kier alpha value is -2.22. The molecule has 0 heterocycles. The molecule has 1 aromatic carbocycles. The molecule has 5 heteroatoms. The highest BCUT2D eigenvalue weighted by Crippen LogP contribution is 2.55. The second kappa shape index (κ2) is 5.66. The van der Waals surface area contributed by atoms with Crippen LogP contribution >= 0.6 is 0 Å². The fourth-order valence-electron chi connectivity index (χ4n) is 3.38. The van der Waals surface area contributed by atoms with Crippen LogP contribution in [0.4, 0.5) is 4.79 Å². The molecule has 0 atom stereocenters. The Morgan fingerprint density at radius 2 is 1.88 bits per heavy atom. The third kappa shape index (κ3) is 3.06. The molecular formula is C20H26N2O3. The molecule has 2 fully saturated rings. The van der Waals surface area contributed by atoms with Gasteiger partial charge in [0, 0.05) is 12.6 Å². The summed E-state index contributed by atoms with van der Waals surface area (Å²) in [6, 6.07) is 8.42. The van der Waals surface area contributed by atoms with E-state index >= 15 is 0 Å². The lowest BCUT2D eigenvalue weighted by molar-refractivity contribution is 0.0189. The zero-order valence-corrected chi connectivity index (χ0v) is 15.7. The zero-order chi connectivity index (χ0) is 18.5. The molecule has 134 valence electrons. The van der Waals surface area contributed by atoms with Crippen LogP contribution in [-0.2, 0) is 15.7 Å². The number of carbonyl (C=O) groups excluding carboxylic acids is 1. The molecule has 0 aliphatic heterocycles. The third-order valence-corrected chi connectivity index (χ3v) is 5.25. The average molecular weight is 342 g/mol. The molecule has 0 aromatic heterocycles. The smallest absolute Gasteiger partial charge is 0.410 e. The number of benzene rings is 1. The first-order chi connectivity index (χ1) is 11.7. The topological polar surface area (TPSA) is 62.6 Å². The number of amides is 1. The van der Waals surface area contributed by atoms with Gasteiger partial charge in [0.2, 0.25) is 0 Å². The van der Waals surface area contributed by atoms with Crippen molar-refractivity contribution in [1.29, 1.82) is 5.26 Å². The molecule has 0 saturated heterocycles. The van der Waals surface area contributed by atoms with Gasteiger partial charge in [0.1, 0.15) is 11.4 Å². The lowest BCUT2D eigenvalue weighted by Crippen LogP contribution is -2.41. The molecule has 2 aliphatic carbocycles. The van der Waals surface area contributed by atoms with Gasteiger partial charge in [0.25, 0.3) is 0 Å². The Bertz CT molecular complexity index is 734. The largest absolute Gasteiger partial charge is 0.496 e. The molecule has 1 aromatic rings. The van der Waals surface area contributed by atoms with Crippen molar-refractivity contribution in [2.75, 3.05) is 14.2 Å². The standard InChI is InChI=1S/C20H26N2O3/c1-18(2,3)25-17(23)22(4)20(10-11-20)14-6-7-16(24-5)15(12-14)19(13-21)8-9-19/h6-7,12H,8-11H2,1-5H3. The van der Waals surface area contributed by atoms with E-state index in [1.807, 2.05) is 32.9 Å². The van der Waals surface area contributed by atoms with Crippen molar-refractivity contribution in [2.45, 2.75) is 63.0 Å². The Balaban J connectivity index is 1.93. The van der Waals surface area contributed by atoms with Gasteiger partial charge in [-0.1, -0.05) is 6.07 Å². The molecule has 25 heavy (non-hydrogen) atoms. The average Bonchev–Trinajstić information content (AvgIpc) is 3.46. The van der Waals surface area contributed by atoms with Gasteiger partial charge >= 0.3 is 6.09 Å². The molecule has 1 amide bonds. The summed E-state index contributed by atoms with van der Waals surface area (Å²) in [5.41, 5.74) is 0.708. The molecule has 2 aliphatic rings. The van der Waals surface area contributed by atoms with Crippen LogP contribution in [0, 0.1) is 11.3 Å². The number of ether oxygens (including phenoxy) is 2. The van der Waals surface area contributed by atoms with E-state index in [0.717, 1.165) is 42.6 Å². The van der Waals surface area contributed by atoms with Crippen molar-refractivity contribution >= 4 is 6.09 Å². The number of nitrogens with zero attached hydrogens (tertiary/aromatic N) is 2. The minimum absolute atomic E-state index is 0.316. The quantitative estimate of drug-likeness (QED) is 0.826. The van der Waals surface area contributed by atoms with Crippen molar-refractivity contribution in [3.8, 4) is 11.8 Å². The fraction of sp³-hybridized carbons (Fsp3) is 0.600. The van der Waals surface area contributed by atoms with E-state index in [0.29, 0.717) is 0 Å². The zero-order valence-electron chi connectivity index (χ0n) is 15.7. The van der Waals surface area contributed by atoms with Crippen LogP contribution in [0.2, 0.25) is 0 Å². The van der Waals surface area contributed by atoms with Crippen molar-refractivity contribution < 1.29 is 14.3 Å². The van der Waals surface area contributed by atoms with Crippen LogP contribution in [0.25, 0.3) is 0 Å². The van der Waals surface area contributed by atoms with Crippen LogP contribution in [0.3, 0.4) is 0 Å². The molecule has 0 radical (unpaired) electrons. The van der Waals surface area contributed by atoms with E-state index in [1.54, 1.807) is 19.1 Å². The van der Waals surface area contributed by atoms with Crippen molar-refractivity contribution in [3.63, 3.8) is 0 Å². The normalized spacial score (nSPS) is 19.5. The van der Waals surface area contributed by atoms with Crippen LogP contribution in [-0.4, -0.2) is 30.8 Å². The number of hydrogen-bond donors (Lipinski definition) is 0. The van der Waals surface area contributed by atoms with E-state index in [-0.39, 0.29) is 11.6 Å². The van der Waals surface area contributed by atoms with Gasteiger partial charge in [-0.3, -0.25) is 0 Å². The number of rotatable bonds is 4. The van der Waals surface area contributed by atoms with Gasteiger partial charge in [0.15, 0.2) is 0 Å². The monoisotopic (exact) mass is 342 g/mol. The Kier molecular flexibility index (Phi) is 3.98. The number of carbonyl (C=O) groups is 1. The molecule has 0 spiro atoms. The fourth-order valence-corrected chi connectivity index (χ4v) is 3.38. The SMILES string of the molecule is COc1ccc(C2(N(C)C(=O)OC(C)(C)C)CC2)cc1C1(C#N)CC1. The van der Waals surface area contributed by atoms with Gasteiger partial charge in [0.05, 0.1) is 24.1 Å². The third-order valence-electron chi connectivity index (χ3n) is 5.25. The van der Waals surface area contributed by atoms with Gasteiger partial charge in [-0.2, -0.15) is 5.26 Å². The maximum absolute atomic E-state index is 12.5. The van der Waals surface area contributed by atoms with Crippen molar-refractivity contribution in [2.24, 2.45) is 0 Å². The number of hydrogen-bond acceptors (Lipinski definition) is 4. The highest BCUT2D eigenvalue weighted by Gasteiger charge is 2.53. The predicted octanol–water partition coefficient (Wildman–Crippen LogP) is 4.11. The van der Waals surface area contributed by atoms with Crippen molar-refractivity contribution in [3.05, 3.63) is 29.3 Å². The molecule has 0 unspecified atom stereocenters. The number of nitriles is 1. The highest BCUT2D eigenvalue weighted by atomic mass is 16.6. The van der Waals surface area contributed by atoms with E-state index in [1.165, 1.54) is 0 Å². The van der Waals surface area contributed by atoms with Gasteiger partial charge in [-0.25, -0.2) is 4.79 Å². The maximum atomic E-state index is 12.5. The first-order valence-corrected chi connectivity index (χ1v) is 8.75. The molecule has 5 nitrogen and oxygen atoms in total. The summed E-state index contributed by atoms with van der Waals surface area (Å²) >= 11 is 0. The number of methoxy groups -OCH3 is 1. The minimum atomic E-state index is -0.522. The molecule has 3 rings (SSSR count). The van der Waals surface area contributed by atoms with Crippen molar-refractivity contribution in [1.82, 2.24) is 4.90 Å². The Labute approximate surface area is 149 Å². The first kappa shape index (κ1) is 17.6. The summed E-state index contributed by atoms with van der Waals surface area (Å²) in [4.78, 5) is 14.2. The van der Waals surface area contributed by atoms with Gasteiger partial charge in [-0.05, 0) is 64.2 Å². The van der Waals surface area contributed by atoms with Crippen LogP contribution in [0.15, 0.2) is 18.2 Å². The Morgan fingerprint density at radius 1 is 1.24 bits per heavy atom. The van der Waals surface area contributed by atoms with Crippen LogP contribution < -0.4 is 4.74 Å². The van der Waals surface area contributed by atoms with E-state index in [4.69, 9.17) is 9.47 Å². The summed E-state index contributed by atoms with van der Waals surface area (Å²) < 4.78 is 11.0.